The topological polar surface area (TPSA) is 73.9 Å². The number of hydrogen-bond donors (Lipinski definition) is 1. The smallest absolute Gasteiger partial charge is 0.307 e. The van der Waals surface area contributed by atoms with Gasteiger partial charge in [0, 0.05) is 17.2 Å². The second kappa shape index (κ2) is 11.3. The number of methoxy groups -OCH3 is 2. The number of carbonyl (C=O) groups excluding carboxylic acids is 2. The van der Waals surface area contributed by atoms with Gasteiger partial charge in [-0.25, -0.2) is 4.39 Å². The molecular weight excluding hydrogens is 397 g/mol. The molecule has 0 aromatic heterocycles. The number of nitrogens with one attached hydrogen (secondary N) is 1. The van der Waals surface area contributed by atoms with Crippen LogP contribution in [0.15, 0.2) is 47.4 Å². The third-order valence-electron chi connectivity index (χ3n) is 3.98. The molecule has 1 atom stereocenters. The van der Waals surface area contributed by atoms with Gasteiger partial charge in [0.15, 0.2) is 17.6 Å². The van der Waals surface area contributed by atoms with Crippen molar-refractivity contribution in [2.75, 3.05) is 20.0 Å². The Morgan fingerprint density at radius 1 is 1.07 bits per heavy atom. The molecule has 0 saturated carbocycles. The fourth-order valence-corrected chi connectivity index (χ4v) is 3.25. The molecule has 0 aliphatic rings. The Morgan fingerprint density at radius 3 is 2.41 bits per heavy atom. The Labute approximate surface area is 173 Å². The highest BCUT2D eigenvalue weighted by atomic mass is 32.2. The Morgan fingerprint density at radius 2 is 1.76 bits per heavy atom. The summed E-state index contributed by atoms with van der Waals surface area (Å²) in [5.41, 5.74) is 0.824. The molecule has 0 heterocycles. The van der Waals surface area contributed by atoms with E-state index in [-0.39, 0.29) is 24.7 Å². The molecule has 0 saturated heterocycles. The van der Waals surface area contributed by atoms with Gasteiger partial charge in [-0.3, -0.25) is 9.59 Å². The first kappa shape index (κ1) is 22.5. The largest absolute Gasteiger partial charge is 0.493 e. The van der Waals surface area contributed by atoms with Crippen molar-refractivity contribution in [3.8, 4) is 11.5 Å². The molecular formula is C21H24FNO5S. The number of amides is 1. The molecule has 0 radical (unpaired) electrons. The van der Waals surface area contributed by atoms with Gasteiger partial charge in [0.25, 0.3) is 5.91 Å². The number of thioether (sulfide) groups is 1. The molecule has 1 N–H and O–H groups in total. The molecule has 6 nitrogen and oxygen atoms in total. The van der Waals surface area contributed by atoms with Gasteiger partial charge in [0.05, 0.1) is 20.6 Å². The summed E-state index contributed by atoms with van der Waals surface area (Å²) in [5.74, 6) is 0.486. The van der Waals surface area contributed by atoms with Crippen LogP contribution in [0.25, 0.3) is 0 Å². The first-order valence-corrected chi connectivity index (χ1v) is 9.98. The Kier molecular flexibility index (Phi) is 8.79. The normalized spacial score (nSPS) is 11.4. The summed E-state index contributed by atoms with van der Waals surface area (Å²) in [6.45, 7) is 1.79. The van der Waals surface area contributed by atoms with Crippen LogP contribution in [0, 0.1) is 5.82 Å². The van der Waals surface area contributed by atoms with Crippen molar-refractivity contribution in [3.63, 3.8) is 0 Å². The number of hydrogen-bond acceptors (Lipinski definition) is 6. The SMILES string of the molecule is COc1ccc(CNC(=O)[C@H](C)OC(=O)CCSc2ccc(F)cc2)cc1OC. The van der Waals surface area contributed by atoms with E-state index in [1.807, 2.05) is 6.07 Å². The molecule has 0 aliphatic carbocycles. The molecule has 0 spiro atoms. The Balaban J connectivity index is 1.73. The molecule has 0 bridgehead atoms. The lowest BCUT2D eigenvalue weighted by molar-refractivity contribution is -0.154. The lowest BCUT2D eigenvalue weighted by Gasteiger charge is -2.14. The van der Waals surface area contributed by atoms with Gasteiger partial charge in [-0.2, -0.15) is 0 Å². The highest BCUT2D eigenvalue weighted by molar-refractivity contribution is 7.99. The van der Waals surface area contributed by atoms with Crippen molar-refractivity contribution in [1.82, 2.24) is 5.32 Å². The van der Waals surface area contributed by atoms with E-state index in [1.165, 1.54) is 37.9 Å². The molecule has 8 heteroatoms. The van der Waals surface area contributed by atoms with Crippen LogP contribution in [-0.4, -0.2) is 38.0 Å². The van der Waals surface area contributed by atoms with Crippen LogP contribution in [-0.2, 0) is 20.9 Å². The maximum atomic E-state index is 12.9. The summed E-state index contributed by atoms with van der Waals surface area (Å²) in [6.07, 6.45) is -0.756. The second-order valence-electron chi connectivity index (χ2n) is 6.09. The van der Waals surface area contributed by atoms with Crippen molar-refractivity contribution in [2.45, 2.75) is 30.9 Å². The van der Waals surface area contributed by atoms with Crippen LogP contribution in [0.1, 0.15) is 18.9 Å². The highest BCUT2D eigenvalue weighted by Gasteiger charge is 2.17. The van der Waals surface area contributed by atoms with Crippen LogP contribution in [0.4, 0.5) is 4.39 Å². The Bertz CT molecular complexity index is 828. The number of benzene rings is 2. The monoisotopic (exact) mass is 421 g/mol. The summed E-state index contributed by atoms with van der Waals surface area (Å²) >= 11 is 1.42. The van der Waals surface area contributed by atoms with Crippen LogP contribution < -0.4 is 14.8 Å². The molecule has 0 fully saturated rings. The summed E-state index contributed by atoms with van der Waals surface area (Å²) in [5, 5.41) is 2.73. The predicted molar refractivity (Wildman–Crippen MR) is 109 cm³/mol. The van der Waals surface area contributed by atoms with Gasteiger partial charge in [0.1, 0.15) is 5.82 Å². The third kappa shape index (κ3) is 7.30. The molecule has 2 aromatic rings. The molecule has 1 amide bonds. The maximum Gasteiger partial charge on any atom is 0.307 e. The minimum absolute atomic E-state index is 0.148. The van der Waals surface area contributed by atoms with E-state index in [2.05, 4.69) is 5.32 Å². The maximum absolute atomic E-state index is 12.9. The van der Waals surface area contributed by atoms with E-state index >= 15 is 0 Å². The average molecular weight is 421 g/mol. The van der Waals surface area contributed by atoms with Gasteiger partial charge < -0.3 is 19.5 Å². The van der Waals surface area contributed by atoms with Gasteiger partial charge in [-0.15, -0.1) is 11.8 Å². The quantitative estimate of drug-likeness (QED) is 0.467. The standard InChI is InChI=1S/C21H24FNO5S/c1-14(28-20(24)10-11-29-17-7-5-16(22)6-8-17)21(25)23-13-15-4-9-18(26-2)19(12-15)27-3/h4-9,12,14H,10-11,13H2,1-3H3,(H,23,25)/t14-/m0/s1. The third-order valence-corrected chi connectivity index (χ3v) is 4.99. The minimum atomic E-state index is -0.904. The lowest BCUT2D eigenvalue weighted by atomic mass is 10.2. The number of esters is 1. The number of ether oxygens (including phenoxy) is 3. The molecule has 2 aromatic carbocycles. The zero-order valence-electron chi connectivity index (χ0n) is 16.6. The highest BCUT2D eigenvalue weighted by Crippen LogP contribution is 2.27. The summed E-state index contributed by atoms with van der Waals surface area (Å²) in [6, 6.07) is 11.4. The zero-order chi connectivity index (χ0) is 21.2. The van der Waals surface area contributed by atoms with Gasteiger partial charge in [-0.1, -0.05) is 6.07 Å². The second-order valence-corrected chi connectivity index (χ2v) is 7.26. The van der Waals surface area contributed by atoms with Crippen molar-refractivity contribution in [3.05, 3.63) is 53.8 Å². The fourth-order valence-electron chi connectivity index (χ4n) is 2.42. The van der Waals surface area contributed by atoms with Gasteiger partial charge in [-0.05, 0) is 48.9 Å². The van der Waals surface area contributed by atoms with Crippen molar-refractivity contribution in [1.29, 1.82) is 0 Å². The van der Waals surface area contributed by atoms with E-state index in [0.717, 1.165) is 10.5 Å². The van der Waals surface area contributed by atoms with Crippen molar-refractivity contribution >= 4 is 23.6 Å². The molecule has 0 unspecified atom stereocenters. The first-order chi connectivity index (χ1) is 13.9. The minimum Gasteiger partial charge on any atom is -0.493 e. The van der Waals surface area contributed by atoms with Crippen LogP contribution in [0.3, 0.4) is 0 Å². The fraction of sp³-hybridized carbons (Fsp3) is 0.333. The van der Waals surface area contributed by atoms with E-state index < -0.39 is 12.1 Å². The summed E-state index contributed by atoms with van der Waals surface area (Å²) in [4.78, 5) is 25.0. The van der Waals surface area contributed by atoms with Crippen molar-refractivity contribution < 1.29 is 28.2 Å². The van der Waals surface area contributed by atoms with E-state index in [0.29, 0.717) is 17.3 Å². The molecule has 0 aliphatic heterocycles. The predicted octanol–water partition coefficient (Wildman–Crippen LogP) is 3.57. The van der Waals surface area contributed by atoms with Gasteiger partial charge >= 0.3 is 5.97 Å². The molecule has 156 valence electrons. The van der Waals surface area contributed by atoms with E-state index in [4.69, 9.17) is 14.2 Å². The van der Waals surface area contributed by atoms with E-state index in [1.54, 1.807) is 31.4 Å². The lowest BCUT2D eigenvalue weighted by Crippen LogP contribution is -2.35. The summed E-state index contributed by atoms with van der Waals surface area (Å²) in [7, 11) is 3.09. The van der Waals surface area contributed by atoms with Crippen molar-refractivity contribution in [2.24, 2.45) is 0 Å². The average Bonchev–Trinajstić information content (AvgIpc) is 2.73. The summed E-state index contributed by atoms with van der Waals surface area (Å²) < 4.78 is 28.4. The molecule has 29 heavy (non-hydrogen) atoms. The number of rotatable bonds is 10. The van der Waals surface area contributed by atoms with Crippen LogP contribution in [0.5, 0.6) is 11.5 Å². The Hall–Kier alpha value is -2.74. The number of carbonyl (C=O) groups is 2. The van der Waals surface area contributed by atoms with E-state index in [9.17, 15) is 14.0 Å². The molecule has 2 rings (SSSR count). The van der Waals surface area contributed by atoms with Crippen LogP contribution in [0.2, 0.25) is 0 Å². The first-order valence-electron chi connectivity index (χ1n) is 8.99. The number of halogens is 1. The zero-order valence-corrected chi connectivity index (χ0v) is 17.4. The van der Waals surface area contributed by atoms with Gasteiger partial charge in [0.2, 0.25) is 0 Å². The van der Waals surface area contributed by atoms with Crippen LogP contribution >= 0.6 is 11.8 Å².